The number of carbonyl (C=O) groups is 1. The summed E-state index contributed by atoms with van der Waals surface area (Å²) in [4.78, 5) is 11.6. The highest BCUT2D eigenvalue weighted by molar-refractivity contribution is 5.94. The maximum absolute atomic E-state index is 11.6. The maximum Gasteiger partial charge on any atom is 0.338 e. The van der Waals surface area contributed by atoms with Crippen LogP contribution < -0.4 is 0 Å². The summed E-state index contributed by atoms with van der Waals surface area (Å²) < 4.78 is 6.70. The van der Waals surface area contributed by atoms with Gasteiger partial charge in [0.2, 0.25) is 0 Å². The van der Waals surface area contributed by atoms with E-state index in [0.717, 1.165) is 10.9 Å². The minimum atomic E-state index is -0.329. The second-order valence-electron chi connectivity index (χ2n) is 3.77. The van der Waals surface area contributed by atoms with E-state index in [-0.39, 0.29) is 5.97 Å². The predicted molar refractivity (Wildman–Crippen MR) is 65.9 cm³/mol. The van der Waals surface area contributed by atoms with Crippen LogP contribution in [0.15, 0.2) is 24.4 Å². The molecule has 0 radical (unpaired) electrons. The standard InChI is InChI=1S/C13H13N3O2/c1-2-18-13(17)10-4-5-12-11(8-10)9-15-16(12)7-3-6-14/h4-5,8-9H,2-3,7H2,1H3. The molecule has 0 aliphatic rings. The van der Waals surface area contributed by atoms with Gasteiger partial charge in [0.1, 0.15) is 0 Å². The molecule has 0 saturated heterocycles. The molecule has 0 atom stereocenters. The lowest BCUT2D eigenvalue weighted by Crippen LogP contribution is -2.04. The van der Waals surface area contributed by atoms with Crippen molar-refractivity contribution in [1.29, 1.82) is 5.26 Å². The molecule has 1 aromatic carbocycles. The summed E-state index contributed by atoms with van der Waals surface area (Å²) in [5.41, 5.74) is 1.43. The van der Waals surface area contributed by atoms with Gasteiger partial charge in [-0.15, -0.1) is 0 Å². The number of nitriles is 1. The Hall–Kier alpha value is -2.35. The third-order valence-corrected chi connectivity index (χ3v) is 2.59. The molecule has 0 unspecified atom stereocenters. The lowest BCUT2D eigenvalue weighted by Gasteiger charge is -2.03. The van der Waals surface area contributed by atoms with Gasteiger partial charge in [-0.2, -0.15) is 10.4 Å². The molecular weight excluding hydrogens is 230 g/mol. The highest BCUT2D eigenvalue weighted by Gasteiger charge is 2.09. The van der Waals surface area contributed by atoms with E-state index in [1.54, 1.807) is 29.9 Å². The molecule has 5 heteroatoms. The molecule has 18 heavy (non-hydrogen) atoms. The fraction of sp³-hybridized carbons (Fsp3) is 0.308. The monoisotopic (exact) mass is 243 g/mol. The Morgan fingerprint density at radius 1 is 1.56 bits per heavy atom. The Kier molecular flexibility index (Phi) is 3.58. The van der Waals surface area contributed by atoms with Crippen molar-refractivity contribution < 1.29 is 9.53 Å². The summed E-state index contributed by atoms with van der Waals surface area (Å²) in [7, 11) is 0. The number of aromatic nitrogens is 2. The Morgan fingerprint density at radius 2 is 2.39 bits per heavy atom. The van der Waals surface area contributed by atoms with Crippen molar-refractivity contribution in [3.8, 4) is 6.07 Å². The van der Waals surface area contributed by atoms with Crippen molar-refractivity contribution in [2.45, 2.75) is 19.9 Å². The second-order valence-corrected chi connectivity index (χ2v) is 3.77. The first-order chi connectivity index (χ1) is 8.76. The van der Waals surface area contributed by atoms with Gasteiger partial charge in [-0.25, -0.2) is 4.79 Å². The van der Waals surface area contributed by atoms with Gasteiger partial charge >= 0.3 is 5.97 Å². The number of rotatable bonds is 4. The first kappa shape index (κ1) is 12.1. The molecule has 0 aliphatic carbocycles. The largest absolute Gasteiger partial charge is 0.462 e. The summed E-state index contributed by atoms with van der Waals surface area (Å²) >= 11 is 0. The van der Waals surface area contributed by atoms with Gasteiger partial charge in [0.25, 0.3) is 0 Å². The first-order valence-corrected chi connectivity index (χ1v) is 5.76. The van der Waals surface area contributed by atoms with Crippen molar-refractivity contribution >= 4 is 16.9 Å². The molecule has 0 spiro atoms. The van der Waals surface area contributed by atoms with Gasteiger partial charge in [-0.05, 0) is 25.1 Å². The van der Waals surface area contributed by atoms with Crippen LogP contribution in [0.2, 0.25) is 0 Å². The molecule has 0 fully saturated rings. The second kappa shape index (κ2) is 5.32. The molecule has 0 aliphatic heterocycles. The summed E-state index contributed by atoms with van der Waals surface area (Å²) in [5.74, 6) is -0.329. The summed E-state index contributed by atoms with van der Waals surface area (Å²) in [6.07, 6.45) is 2.10. The van der Waals surface area contributed by atoms with Crippen molar-refractivity contribution in [2.75, 3.05) is 6.61 Å². The molecule has 5 nitrogen and oxygen atoms in total. The molecule has 0 saturated carbocycles. The molecular formula is C13H13N3O2. The quantitative estimate of drug-likeness (QED) is 0.771. The SMILES string of the molecule is CCOC(=O)c1ccc2c(cnn2CCC#N)c1. The number of carbonyl (C=O) groups excluding carboxylic acids is 1. The van der Waals surface area contributed by atoms with E-state index in [0.29, 0.717) is 25.1 Å². The highest BCUT2D eigenvalue weighted by atomic mass is 16.5. The minimum absolute atomic E-state index is 0.329. The van der Waals surface area contributed by atoms with Crippen molar-refractivity contribution in [2.24, 2.45) is 0 Å². The normalized spacial score (nSPS) is 10.2. The molecule has 0 bridgehead atoms. The molecule has 2 aromatic rings. The van der Waals surface area contributed by atoms with Gasteiger partial charge in [0.05, 0.1) is 42.9 Å². The van der Waals surface area contributed by atoms with E-state index in [1.807, 2.05) is 6.07 Å². The topological polar surface area (TPSA) is 67.9 Å². The minimum Gasteiger partial charge on any atom is -0.462 e. The molecule has 0 N–H and O–H groups in total. The Balaban J connectivity index is 2.31. The van der Waals surface area contributed by atoms with Crippen LogP contribution in [0.1, 0.15) is 23.7 Å². The van der Waals surface area contributed by atoms with E-state index >= 15 is 0 Å². The van der Waals surface area contributed by atoms with Crippen LogP contribution in [0.3, 0.4) is 0 Å². The van der Waals surface area contributed by atoms with Crippen LogP contribution in [0.4, 0.5) is 0 Å². The highest BCUT2D eigenvalue weighted by Crippen LogP contribution is 2.16. The number of hydrogen-bond acceptors (Lipinski definition) is 4. The lowest BCUT2D eigenvalue weighted by molar-refractivity contribution is 0.0526. The van der Waals surface area contributed by atoms with Gasteiger partial charge < -0.3 is 4.74 Å². The third-order valence-electron chi connectivity index (χ3n) is 2.59. The molecule has 1 aromatic heterocycles. The average molecular weight is 243 g/mol. The maximum atomic E-state index is 11.6. The lowest BCUT2D eigenvalue weighted by atomic mass is 10.1. The zero-order chi connectivity index (χ0) is 13.0. The number of hydrogen-bond donors (Lipinski definition) is 0. The van der Waals surface area contributed by atoms with Crippen LogP contribution in [0.5, 0.6) is 0 Å². The van der Waals surface area contributed by atoms with Crippen LogP contribution in [-0.2, 0) is 11.3 Å². The van der Waals surface area contributed by atoms with Gasteiger partial charge in [-0.3, -0.25) is 4.68 Å². The van der Waals surface area contributed by atoms with Gasteiger partial charge in [0.15, 0.2) is 0 Å². The van der Waals surface area contributed by atoms with Crippen molar-refractivity contribution in [1.82, 2.24) is 9.78 Å². The first-order valence-electron chi connectivity index (χ1n) is 5.76. The molecule has 92 valence electrons. The van der Waals surface area contributed by atoms with E-state index in [4.69, 9.17) is 10.00 Å². The van der Waals surface area contributed by atoms with Crippen LogP contribution >= 0.6 is 0 Å². The van der Waals surface area contributed by atoms with Crippen LogP contribution in [0.25, 0.3) is 10.9 Å². The fourth-order valence-corrected chi connectivity index (χ4v) is 1.76. The van der Waals surface area contributed by atoms with Crippen LogP contribution in [0, 0.1) is 11.3 Å². The van der Waals surface area contributed by atoms with E-state index < -0.39 is 0 Å². The number of esters is 1. The van der Waals surface area contributed by atoms with Crippen molar-refractivity contribution in [3.63, 3.8) is 0 Å². The third kappa shape index (κ3) is 2.33. The zero-order valence-corrected chi connectivity index (χ0v) is 10.1. The number of aryl methyl sites for hydroxylation is 1. The smallest absolute Gasteiger partial charge is 0.338 e. The summed E-state index contributed by atoms with van der Waals surface area (Å²) in [6.45, 7) is 2.69. The number of benzene rings is 1. The molecule has 0 amide bonds. The number of ether oxygens (including phenoxy) is 1. The van der Waals surface area contributed by atoms with Crippen LogP contribution in [-0.4, -0.2) is 22.4 Å². The van der Waals surface area contributed by atoms with Crippen molar-refractivity contribution in [3.05, 3.63) is 30.0 Å². The average Bonchev–Trinajstić information content (AvgIpc) is 2.79. The van der Waals surface area contributed by atoms with E-state index in [9.17, 15) is 4.79 Å². The summed E-state index contributed by atoms with van der Waals surface area (Å²) in [6, 6.07) is 7.37. The summed E-state index contributed by atoms with van der Waals surface area (Å²) in [5, 5.41) is 13.6. The van der Waals surface area contributed by atoms with E-state index in [1.165, 1.54) is 0 Å². The molecule has 1 heterocycles. The predicted octanol–water partition coefficient (Wildman–Crippen LogP) is 2.13. The van der Waals surface area contributed by atoms with Gasteiger partial charge in [-0.1, -0.05) is 0 Å². The Bertz CT molecular complexity index is 610. The number of fused-ring (bicyclic) bond motifs is 1. The van der Waals surface area contributed by atoms with Gasteiger partial charge in [0, 0.05) is 5.39 Å². The zero-order valence-electron chi connectivity index (χ0n) is 10.1. The Labute approximate surface area is 105 Å². The van der Waals surface area contributed by atoms with E-state index in [2.05, 4.69) is 11.2 Å². The number of nitrogens with zero attached hydrogens (tertiary/aromatic N) is 3. The Morgan fingerprint density at radius 3 is 3.11 bits per heavy atom. The fourth-order valence-electron chi connectivity index (χ4n) is 1.76. The molecule has 2 rings (SSSR count).